The Kier molecular flexibility index (Phi) is 4.71. The molecule has 21 heavy (non-hydrogen) atoms. The van der Waals surface area contributed by atoms with Gasteiger partial charge in [0.05, 0.1) is 18.4 Å². The average Bonchev–Trinajstić information content (AvgIpc) is 2.49. The Morgan fingerprint density at radius 3 is 2.90 bits per heavy atom. The standard InChI is InChI=1S/C15H16FN3O2/c1-3-17-14-11(5-4-8-18-14)15(20)19-12-7-6-10(16)9-13(12)21-2/h4-9H,3H2,1-2H3,(H,17,18)(H,19,20). The molecule has 0 aliphatic heterocycles. The summed E-state index contributed by atoms with van der Waals surface area (Å²) in [5.41, 5.74) is 0.806. The zero-order valence-electron chi connectivity index (χ0n) is 11.8. The van der Waals surface area contributed by atoms with Gasteiger partial charge in [-0.3, -0.25) is 4.79 Å². The van der Waals surface area contributed by atoms with E-state index in [4.69, 9.17) is 4.74 Å². The maximum atomic E-state index is 13.1. The molecule has 110 valence electrons. The summed E-state index contributed by atoms with van der Waals surface area (Å²) in [5, 5.41) is 5.71. The van der Waals surface area contributed by atoms with E-state index in [1.807, 2.05) is 6.92 Å². The molecule has 1 heterocycles. The minimum absolute atomic E-state index is 0.261. The summed E-state index contributed by atoms with van der Waals surface area (Å²) < 4.78 is 18.2. The zero-order chi connectivity index (χ0) is 15.2. The normalized spacial score (nSPS) is 10.0. The number of halogens is 1. The van der Waals surface area contributed by atoms with E-state index in [1.54, 1.807) is 18.3 Å². The highest BCUT2D eigenvalue weighted by atomic mass is 19.1. The second-order valence-corrected chi connectivity index (χ2v) is 4.23. The molecule has 0 fully saturated rings. The van der Waals surface area contributed by atoms with Crippen molar-refractivity contribution < 1.29 is 13.9 Å². The van der Waals surface area contributed by atoms with E-state index in [0.717, 1.165) is 0 Å². The second-order valence-electron chi connectivity index (χ2n) is 4.23. The van der Waals surface area contributed by atoms with Crippen molar-refractivity contribution in [1.82, 2.24) is 4.98 Å². The fourth-order valence-corrected chi connectivity index (χ4v) is 1.85. The van der Waals surface area contributed by atoms with E-state index in [1.165, 1.54) is 25.3 Å². The summed E-state index contributed by atoms with van der Waals surface area (Å²) in [6, 6.07) is 7.26. The summed E-state index contributed by atoms with van der Waals surface area (Å²) in [6.45, 7) is 2.57. The number of rotatable bonds is 5. The van der Waals surface area contributed by atoms with Crippen LogP contribution in [0.3, 0.4) is 0 Å². The molecule has 5 nitrogen and oxygen atoms in total. The van der Waals surface area contributed by atoms with Crippen LogP contribution in [0, 0.1) is 5.82 Å². The molecule has 0 unspecified atom stereocenters. The van der Waals surface area contributed by atoms with E-state index in [0.29, 0.717) is 23.6 Å². The van der Waals surface area contributed by atoms with Gasteiger partial charge in [0.1, 0.15) is 17.4 Å². The Labute approximate surface area is 122 Å². The molecule has 2 aromatic rings. The molecular weight excluding hydrogens is 273 g/mol. The van der Waals surface area contributed by atoms with E-state index in [2.05, 4.69) is 15.6 Å². The Balaban J connectivity index is 2.26. The minimum atomic E-state index is -0.431. The average molecular weight is 289 g/mol. The van der Waals surface area contributed by atoms with Crippen LogP contribution in [0.15, 0.2) is 36.5 Å². The Hall–Kier alpha value is -2.63. The number of amides is 1. The number of carbonyl (C=O) groups excluding carboxylic acids is 1. The van der Waals surface area contributed by atoms with Crippen molar-refractivity contribution in [3.8, 4) is 5.75 Å². The number of anilines is 2. The van der Waals surface area contributed by atoms with Gasteiger partial charge < -0.3 is 15.4 Å². The SMILES string of the molecule is CCNc1ncccc1C(=O)Nc1ccc(F)cc1OC. The first kappa shape index (κ1) is 14.8. The number of benzene rings is 1. The van der Waals surface area contributed by atoms with Crippen molar-refractivity contribution in [2.24, 2.45) is 0 Å². The van der Waals surface area contributed by atoms with Crippen LogP contribution in [0.25, 0.3) is 0 Å². The molecule has 0 bridgehead atoms. The van der Waals surface area contributed by atoms with Crippen molar-refractivity contribution in [1.29, 1.82) is 0 Å². The van der Waals surface area contributed by atoms with Gasteiger partial charge in [0, 0.05) is 18.8 Å². The summed E-state index contributed by atoms with van der Waals surface area (Å²) in [6.07, 6.45) is 1.60. The van der Waals surface area contributed by atoms with E-state index in [9.17, 15) is 9.18 Å². The molecular formula is C15H16FN3O2. The largest absolute Gasteiger partial charge is 0.494 e. The summed E-state index contributed by atoms with van der Waals surface area (Å²) in [4.78, 5) is 16.4. The first-order chi connectivity index (χ1) is 10.2. The van der Waals surface area contributed by atoms with Gasteiger partial charge in [0.2, 0.25) is 0 Å². The lowest BCUT2D eigenvalue weighted by molar-refractivity contribution is 0.102. The first-order valence-corrected chi connectivity index (χ1v) is 6.49. The maximum absolute atomic E-state index is 13.1. The lowest BCUT2D eigenvalue weighted by Gasteiger charge is -2.12. The molecule has 1 amide bonds. The summed E-state index contributed by atoms with van der Waals surface area (Å²) in [5.74, 6) is -0.0145. The highest BCUT2D eigenvalue weighted by Gasteiger charge is 2.14. The predicted molar refractivity (Wildman–Crippen MR) is 79.3 cm³/mol. The zero-order valence-corrected chi connectivity index (χ0v) is 11.8. The van der Waals surface area contributed by atoms with Crippen molar-refractivity contribution in [2.75, 3.05) is 24.3 Å². The molecule has 0 saturated heterocycles. The van der Waals surface area contributed by atoms with Gasteiger partial charge in [-0.1, -0.05) is 0 Å². The van der Waals surface area contributed by atoms with Crippen LogP contribution < -0.4 is 15.4 Å². The Morgan fingerprint density at radius 1 is 1.38 bits per heavy atom. The van der Waals surface area contributed by atoms with Crippen molar-refractivity contribution in [3.05, 3.63) is 47.9 Å². The van der Waals surface area contributed by atoms with Gasteiger partial charge >= 0.3 is 0 Å². The Bertz CT molecular complexity index is 647. The highest BCUT2D eigenvalue weighted by molar-refractivity contribution is 6.08. The van der Waals surface area contributed by atoms with Crippen LogP contribution in [-0.2, 0) is 0 Å². The van der Waals surface area contributed by atoms with Crippen LogP contribution in [-0.4, -0.2) is 24.5 Å². The van der Waals surface area contributed by atoms with Gasteiger partial charge in [-0.15, -0.1) is 0 Å². The summed E-state index contributed by atoms with van der Waals surface area (Å²) >= 11 is 0. The maximum Gasteiger partial charge on any atom is 0.259 e. The number of pyridine rings is 1. The quantitative estimate of drug-likeness (QED) is 0.888. The second kappa shape index (κ2) is 6.69. The number of carbonyl (C=O) groups is 1. The van der Waals surface area contributed by atoms with Crippen molar-refractivity contribution >= 4 is 17.4 Å². The number of ether oxygens (including phenoxy) is 1. The Morgan fingerprint density at radius 2 is 2.19 bits per heavy atom. The third-order valence-electron chi connectivity index (χ3n) is 2.81. The van der Waals surface area contributed by atoms with Gasteiger partial charge in [-0.05, 0) is 31.2 Å². The lowest BCUT2D eigenvalue weighted by Crippen LogP contribution is -2.16. The van der Waals surface area contributed by atoms with E-state index < -0.39 is 5.82 Å². The fraction of sp³-hybridized carbons (Fsp3) is 0.200. The fourth-order valence-electron chi connectivity index (χ4n) is 1.85. The molecule has 0 saturated carbocycles. The minimum Gasteiger partial charge on any atom is -0.494 e. The molecule has 2 rings (SSSR count). The first-order valence-electron chi connectivity index (χ1n) is 6.49. The molecule has 0 aliphatic carbocycles. The number of nitrogens with one attached hydrogen (secondary N) is 2. The number of methoxy groups -OCH3 is 1. The van der Waals surface area contributed by atoms with Crippen LogP contribution >= 0.6 is 0 Å². The molecule has 0 atom stereocenters. The van der Waals surface area contributed by atoms with Crippen molar-refractivity contribution in [2.45, 2.75) is 6.92 Å². The third kappa shape index (κ3) is 3.47. The van der Waals surface area contributed by atoms with Gasteiger partial charge in [-0.25, -0.2) is 9.37 Å². The van der Waals surface area contributed by atoms with Crippen LogP contribution in [0.5, 0.6) is 5.75 Å². The molecule has 0 aliphatic rings. The smallest absolute Gasteiger partial charge is 0.259 e. The van der Waals surface area contributed by atoms with Crippen LogP contribution in [0.4, 0.5) is 15.9 Å². The molecule has 1 aromatic heterocycles. The number of nitrogens with zero attached hydrogens (tertiary/aromatic N) is 1. The molecule has 0 spiro atoms. The van der Waals surface area contributed by atoms with E-state index in [-0.39, 0.29) is 11.7 Å². The van der Waals surface area contributed by atoms with Gasteiger partial charge in [0.15, 0.2) is 0 Å². The molecule has 6 heteroatoms. The summed E-state index contributed by atoms with van der Waals surface area (Å²) in [7, 11) is 1.42. The number of aromatic nitrogens is 1. The topological polar surface area (TPSA) is 63.2 Å². The highest BCUT2D eigenvalue weighted by Crippen LogP contribution is 2.26. The molecule has 2 N–H and O–H groups in total. The number of hydrogen-bond acceptors (Lipinski definition) is 4. The predicted octanol–water partition coefficient (Wildman–Crippen LogP) is 2.91. The third-order valence-corrected chi connectivity index (χ3v) is 2.81. The monoisotopic (exact) mass is 289 g/mol. The number of hydrogen-bond donors (Lipinski definition) is 2. The molecule has 0 radical (unpaired) electrons. The van der Waals surface area contributed by atoms with Gasteiger partial charge in [-0.2, -0.15) is 0 Å². The van der Waals surface area contributed by atoms with Crippen molar-refractivity contribution in [3.63, 3.8) is 0 Å². The van der Waals surface area contributed by atoms with E-state index >= 15 is 0 Å². The van der Waals surface area contributed by atoms with Gasteiger partial charge in [0.25, 0.3) is 5.91 Å². The van der Waals surface area contributed by atoms with Crippen LogP contribution in [0.1, 0.15) is 17.3 Å². The molecule has 1 aromatic carbocycles. The van der Waals surface area contributed by atoms with Crippen LogP contribution in [0.2, 0.25) is 0 Å². The lowest BCUT2D eigenvalue weighted by atomic mass is 10.2.